The predicted octanol–water partition coefficient (Wildman–Crippen LogP) is 3.63. The Balaban J connectivity index is 1.67. The van der Waals surface area contributed by atoms with Crippen molar-refractivity contribution in [1.82, 2.24) is 20.1 Å². The molecule has 3 aromatic rings. The normalized spacial score (nSPS) is 10.8. The number of ether oxygens (including phenoxy) is 2. The third-order valence-electron chi connectivity index (χ3n) is 4.41. The summed E-state index contributed by atoms with van der Waals surface area (Å²) >= 11 is 0. The van der Waals surface area contributed by atoms with Crippen LogP contribution in [0, 0.1) is 5.92 Å². The van der Waals surface area contributed by atoms with Gasteiger partial charge in [-0.2, -0.15) is 5.10 Å². The standard InChI is InChI=1S/C22H26N4O3/c1-16(2)9-13-29-19-8-7-17(14-20(19)28-3)22(27)24-15-18-6-4-10-23-21(18)26-12-5-11-25-26/h4-8,10-12,14,16H,9,13,15H2,1-3H3,(H,24,27). The van der Waals surface area contributed by atoms with Gasteiger partial charge in [0.2, 0.25) is 0 Å². The van der Waals surface area contributed by atoms with Gasteiger partial charge in [-0.05, 0) is 42.7 Å². The van der Waals surface area contributed by atoms with Crippen LogP contribution >= 0.6 is 0 Å². The number of aromatic nitrogens is 3. The number of nitrogens with one attached hydrogen (secondary N) is 1. The molecule has 0 aliphatic rings. The average Bonchev–Trinajstić information content (AvgIpc) is 3.27. The Kier molecular flexibility index (Phi) is 6.84. The van der Waals surface area contributed by atoms with E-state index < -0.39 is 0 Å². The fraction of sp³-hybridized carbons (Fsp3) is 0.318. The topological polar surface area (TPSA) is 78.3 Å². The third-order valence-corrected chi connectivity index (χ3v) is 4.41. The smallest absolute Gasteiger partial charge is 0.251 e. The lowest BCUT2D eigenvalue weighted by Gasteiger charge is -2.13. The first-order chi connectivity index (χ1) is 14.1. The first kappa shape index (κ1) is 20.4. The van der Waals surface area contributed by atoms with Crippen LogP contribution in [0.2, 0.25) is 0 Å². The molecular formula is C22H26N4O3. The number of rotatable bonds is 9. The van der Waals surface area contributed by atoms with Gasteiger partial charge in [0.05, 0.1) is 13.7 Å². The van der Waals surface area contributed by atoms with E-state index in [0.29, 0.717) is 41.9 Å². The molecule has 7 heteroatoms. The average molecular weight is 394 g/mol. The van der Waals surface area contributed by atoms with E-state index in [1.54, 1.807) is 42.4 Å². The van der Waals surface area contributed by atoms with Crippen molar-refractivity contribution >= 4 is 5.91 Å². The van der Waals surface area contributed by atoms with Gasteiger partial charge in [0.15, 0.2) is 17.3 Å². The SMILES string of the molecule is COc1cc(C(=O)NCc2cccnc2-n2cccn2)ccc1OCCC(C)C. The first-order valence-electron chi connectivity index (χ1n) is 9.61. The Morgan fingerprint density at radius 2 is 2.03 bits per heavy atom. The fourth-order valence-electron chi connectivity index (χ4n) is 2.78. The molecule has 0 saturated heterocycles. The van der Waals surface area contributed by atoms with Crippen molar-refractivity contribution in [2.45, 2.75) is 26.8 Å². The van der Waals surface area contributed by atoms with Crippen molar-refractivity contribution in [2.75, 3.05) is 13.7 Å². The first-order valence-corrected chi connectivity index (χ1v) is 9.61. The number of hydrogen-bond donors (Lipinski definition) is 1. The van der Waals surface area contributed by atoms with Gasteiger partial charge in [-0.1, -0.05) is 19.9 Å². The van der Waals surface area contributed by atoms with Crippen LogP contribution in [0.1, 0.15) is 36.2 Å². The van der Waals surface area contributed by atoms with Crippen LogP contribution in [-0.4, -0.2) is 34.4 Å². The van der Waals surface area contributed by atoms with Crippen molar-refractivity contribution < 1.29 is 14.3 Å². The number of carbonyl (C=O) groups is 1. The van der Waals surface area contributed by atoms with Crippen LogP contribution in [0.5, 0.6) is 11.5 Å². The van der Waals surface area contributed by atoms with E-state index in [1.807, 2.05) is 24.4 Å². The molecule has 1 N–H and O–H groups in total. The van der Waals surface area contributed by atoms with Crippen LogP contribution in [0.15, 0.2) is 55.0 Å². The quantitative estimate of drug-likeness (QED) is 0.600. The molecule has 0 spiro atoms. The number of amides is 1. The van der Waals surface area contributed by atoms with Crippen molar-refractivity contribution in [3.05, 3.63) is 66.1 Å². The van der Waals surface area contributed by atoms with Crippen molar-refractivity contribution in [2.24, 2.45) is 5.92 Å². The molecule has 152 valence electrons. The Bertz CT molecular complexity index is 939. The maximum absolute atomic E-state index is 12.6. The van der Waals surface area contributed by atoms with Crippen LogP contribution in [0.4, 0.5) is 0 Å². The van der Waals surface area contributed by atoms with E-state index in [1.165, 1.54) is 0 Å². The Labute approximate surface area is 170 Å². The molecule has 0 atom stereocenters. The van der Waals surface area contributed by atoms with Crippen LogP contribution in [0.3, 0.4) is 0 Å². The largest absolute Gasteiger partial charge is 0.493 e. The zero-order chi connectivity index (χ0) is 20.6. The van der Waals surface area contributed by atoms with E-state index in [4.69, 9.17) is 9.47 Å². The number of nitrogens with zero attached hydrogens (tertiary/aromatic N) is 3. The van der Waals surface area contributed by atoms with E-state index in [-0.39, 0.29) is 5.91 Å². The Morgan fingerprint density at radius 3 is 2.76 bits per heavy atom. The number of pyridine rings is 1. The Morgan fingerprint density at radius 1 is 1.17 bits per heavy atom. The van der Waals surface area contributed by atoms with Gasteiger partial charge in [0, 0.05) is 36.3 Å². The molecule has 0 bridgehead atoms. The summed E-state index contributed by atoms with van der Waals surface area (Å²) in [5.41, 5.74) is 1.37. The van der Waals surface area contributed by atoms with E-state index in [0.717, 1.165) is 12.0 Å². The second kappa shape index (κ2) is 9.73. The maximum Gasteiger partial charge on any atom is 0.251 e. The summed E-state index contributed by atoms with van der Waals surface area (Å²) in [6.45, 7) is 5.23. The summed E-state index contributed by atoms with van der Waals surface area (Å²) in [6, 6.07) is 10.8. The minimum Gasteiger partial charge on any atom is -0.493 e. The van der Waals surface area contributed by atoms with Crippen molar-refractivity contribution in [3.63, 3.8) is 0 Å². The summed E-state index contributed by atoms with van der Waals surface area (Å²) in [5, 5.41) is 7.14. The van der Waals surface area contributed by atoms with Crippen LogP contribution < -0.4 is 14.8 Å². The van der Waals surface area contributed by atoms with Gasteiger partial charge >= 0.3 is 0 Å². The molecule has 0 aliphatic heterocycles. The van der Waals surface area contributed by atoms with Crippen molar-refractivity contribution in [1.29, 1.82) is 0 Å². The molecule has 0 aliphatic carbocycles. The highest BCUT2D eigenvalue weighted by atomic mass is 16.5. The second-order valence-corrected chi connectivity index (χ2v) is 7.02. The molecular weight excluding hydrogens is 368 g/mol. The fourth-order valence-corrected chi connectivity index (χ4v) is 2.78. The molecule has 1 amide bonds. The van der Waals surface area contributed by atoms with Crippen LogP contribution in [-0.2, 0) is 6.54 Å². The number of methoxy groups -OCH3 is 1. The highest BCUT2D eigenvalue weighted by Crippen LogP contribution is 2.28. The van der Waals surface area contributed by atoms with Crippen molar-refractivity contribution in [3.8, 4) is 17.3 Å². The molecule has 2 aromatic heterocycles. The summed E-state index contributed by atoms with van der Waals surface area (Å²) in [7, 11) is 1.57. The zero-order valence-electron chi connectivity index (χ0n) is 17.0. The highest BCUT2D eigenvalue weighted by molar-refractivity contribution is 5.94. The monoisotopic (exact) mass is 394 g/mol. The third kappa shape index (κ3) is 5.34. The number of hydrogen-bond acceptors (Lipinski definition) is 5. The minimum atomic E-state index is -0.202. The van der Waals surface area contributed by atoms with Gasteiger partial charge < -0.3 is 14.8 Å². The molecule has 0 radical (unpaired) electrons. The predicted molar refractivity (Wildman–Crippen MR) is 110 cm³/mol. The lowest BCUT2D eigenvalue weighted by atomic mass is 10.1. The Hall–Kier alpha value is -3.35. The van der Waals surface area contributed by atoms with E-state index in [9.17, 15) is 4.79 Å². The molecule has 2 heterocycles. The summed E-state index contributed by atoms with van der Waals surface area (Å²) in [4.78, 5) is 17.0. The van der Waals surface area contributed by atoms with Gasteiger partial charge in [-0.3, -0.25) is 4.79 Å². The molecule has 7 nitrogen and oxygen atoms in total. The van der Waals surface area contributed by atoms with Crippen LogP contribution in [0.25, 0.3) is 5.82 Å². The molecule has 0 saturated carbocycles. The molecule has 3 rings (SSSR count). The number of benzene rings is 1. The lowest BCUT2D eigenvalue weighted by Crippen LogP contribution is -2.24. The molecule has 1 aromatic carbocycles. The van der Waals surface area contributed by atoms with Gasteiger partial charge in [-0.25, -0.2) is 9.67 Å². The zero-order valence-corrected chi connectivity index (χ0v) is 17.0. The lowest BCUT2D eigenvalue weighted by molar-refractivity contribution is 0.0950. The number of carbonyl (C=O) groups excluding carboxylic acids is 1. The summed E-state index contributed by atoms with van der Waals surface area (Å²) in [5.74, 6) is 2.22. The minimum absolute atomic E-state index is 0.202. The van der Waals surface area contributed by atoms with Gasteiger partial charge in [0.1, 0.15) is 0 Å². The van der Waals surface area contributed by atoms with E-state index in [2.05, 4.69) is 29.2 Å². The second-order valence-electron chi connectivity index (χ2n) is 7.02. The molecule has 0 unspecified atom stereocenters. The summed E-state index contributed by atoms with van der Waals surface area (Å²) < 4.78 is 12.9. The van der Waals surface area contributed by atoms with Gasteiger partial charge in [0.25, 0.3) is 5.91 Å². The van der Waals surface area contributed by atoms with Gasteiger partial charge in [-0.15, -0.1) is 0 Å². The summed E-state index contributed by atoms with van der Waals surface area (Å²) in [6.07, 6.45) is 6.16. The van der Waals surface area contributed by atoms with E-state index >= 15 is 0 Å². The highest BCUT2D eigenvalue weighted by Gasteiger charge is 2.13. The molecule has 0 fully saturated rings. The maximum atomic E-state index is 12.6. The molecule has 29 heavy (non-hydrogen) atoms.